The quantitative estimate of drug-likeness (QED) is 0.795. The third-order valence-electron chi connectivity index (χ3n) is 2.98. The van der Waals surface area contributed by atoms with Crippen LogP contribution in [-0.4, -0.2) is 16.1 Å². The standard InChI is InChI=1S/C12H23N3S/c1-5-7-13-11(8-9(3)6-2)12-10(4)14-15-16-12/h9,11,13H,5-8H2,1-4H3. The number of aromatic nitrogens is 2. The number of nitrogens with one attached hydrogen (secondary N) is 1. The smallest absolute Gasteiger partial charge is 0.0772 e. The van der Waals surface area contributed by atoms with E-state index in [0.29, 0.717) is 6.04 Å². The Bertz CT molecular complexity index is 298. The van der Waals surface area contributed by atoms with Crippen molar-refractivity contribution in [2.45, 2.75) is 53.0 Å². The molecule has 1 aromatic rings. The molecular weight excluding hydrogens is 218 g/mol. The molecule has 1 heterocycles. The van der Waals surface area contributed by atoms with Crippen LogP contribution in [0.5, 0.6) is 0 Å². The normalized spacial score (nSPS) is 15.0. The van der Waals surface area contributed by atoms with Gasteiger partial charge in [0, 0.05) is 6.04 Å². The van der Waals surface area contributed by atoms with Crippen molar-refractivity contribution in [3.05, 3.63) is 10.6 Å². The van der Waals surface area contributed by atoms with E-state index in [-0.39, 0.29) is 0 Å². The number of hydrogen-bond acceptors (Lipinski definition) is 4. The minimum Gasteiger partial charge on any atom is -0.309 e. The van der Waals surface area contributed by atoms with E-state index in [4.69, 9.17) is 0 Å². The van der Waals surface area contributed by atoms with Gasteiger partial charge in [-0.2, -0.15) is 0 Å². The summed E-state index contributed by atoms with van der Waals surface area (Å²) in [6, 6.07) is 0.440. The molecule has 0 aromatic carbocycles. The van der Waals surface area contributed by atoms with Gasteiger partial charge in [0.25, 0.3) is 0 Å². The molecule has 1 N–H and O–H groups in total. The number of nitrogens with zero attached hydrogens (tertiary/aromatic N) is 2. The van der Waals surface area contributed by atoms with Gasteiger partial charge in [0.05, 0.1) is 10.6 Å². The summed E-state index contributed by atoms with van der Waals surface area (Å²) in [5, 5.41) is 7.72. The van der Waals surface area contributed by atoms with Crippen molar-refractivity contribution in [3.63, 3.8) is 0 Å². The monoisotopic (exact) mass is 241 g/mol. The minimum atomic E-state index is 0.440. The van der Waals surface area contributed by atoms with Crippen LogP contribution in [-0.2, 0) is 0 Å². The highest BCUT2D eigenvalue weighted by Gasteiger charge is 2.18. The lowest BCUT2D eigenvalue weighted by atomic mass is 9.97. The molecule has 0 spiro atoms. The highest BCUT2D eigenvalue weighted by atomic mass is 32.1. The minimum absolute atomic E-state index is 0.440. The predicted molar refractivity (Wildman–Crippen MR) is 69.8 cm³/mol. The summed E-state index contributed by atoms with van der Waals surface area (Å²) in [5.41, 5.74) is 1.09. The zero-order valence-corrected chi connectivity index (χ0v) is 11.6. The lowest BCUT2D eigenvalue weighted by Crippen LogP contribution is -2.23. The second kappa shape index (κ2) is 6.97. The maximum atomic E-state index is 4.11. The second-order valence-electron chi connectivity index (χ2n) is 4.48. The summed E-state index contributed by atoms with van der Waals surface area (Å²) in [6.45, 7) is 9.88. The maximum absolute atomic E-state index is 4.11. The lowest BCUT2D eigenvalue weighted by molar-refractivity contribution is 0.405. The average Bonchev–Trinajstić information content (AvgIpc) is 2.70. The van der Waals surface area contributed by atoms with Crippen molar-refractivity contribution in [1.29, 1.82) is 0 Å². The molecule has 0 aliphatic heterocycles. The molecule has 1 rings (SSSR count). The molecule has 3 nitrogen and oxygen atoms in total. The van der Waals surface area contributed by atoms with Crippen LogP contribution in [0, 0.1) is 12.8 Å². The van der Waals surface area contributed by atoms with Crippen LogP contribution in [0.15, 0.2) is 0 Å². The molecule has 0 radical (unpaired) electrons. The van der Waals surface area contributed by atoms with Crippen molar-refractivity contribution in [2.75, 3.05) is 6.54 Å². The molecule has 0 saturated heterocycles. The third kappa shape index (κ3) is 3.83. The van der Waals surface area contributed by atoms with Gasteiger partial charge in [0.1, 0.15) is 0 Å². The molecule has 16 heavy (non-hydrogen) atoms. The van der Waals surface area contributed by atoms with E-state index in [0.717, 1.165) is 18.2 Å². The van der Waals surface area contributed by atoms with Gasteiger partial charge in [-0.25, -0.2) is 0 Å². The number of aryl methyl sites for hydroxylation is 1. The number of rotatable bonds is 7. The average molecular weight is 241 g/mol. The molecule has 1 aromatic heterocycles. The van der Waals surface area contributed by atoms with E-state index in [1.165, 1.54) is 35.7 Å². The van der Waals surface area contributed by atoms with Crippen molar-refractivity contribution in [1.82, 2.24) is 14.9 Å². The molecule has 0 amide bonds. The Morgan fingerprint density at radius 2 is 2.12 bits per heavy atom. The van der Waals surface area contributed by atoms with Crippen LogP contribution in [0.3, 0.4) is 0 Å². The molecule has 4 heteroatoms. The Kier molecular flexibility index (Phi) is 5.91. The van der Waals surface area contributed by atoms with E-state index in [2.05, 4.69) is 42.6 Å². The van der Waals surface area contributed by atoms with Gasteiger partial charge in [-0.05, 0) is 43.8 Å². The Hall–Kier alpha value is -0.480. The van der Waals surface area contributed by atoms with Crippen LogP contribution in [0.25, 0.3) is 0 Å². The Morgan fingerprint density at radius 3 is 2.62 bits per heavy atom. The summed E-state index contributed by atoms with van der Waals surface area (Å²) in [7, 11) is 0. The highest BCUT2D eigenvalue weighted by molar-refractivity contribution is 7.05. The van der Waals surface area contributed by atoms with Crippen LogP contribution in [0.2, 0.25) is 0 Å². The summed E-state index contributed by atoms with van der Waals surface area (Å²) in [5.74, 6) is 0.746. The van der Waals surface area contributed by atoms with Crippen LogP contribution >= 0.6 is 11.5 Å². The molecule has 0 aliphatic carbocycles. The first-order valence-electron chi connectivity index (χ1n) is 6.21. The zero-order chi connectivity index (χ0) is 12.0. The molecule has 2 unspecified atom stereocenters. The first kappa shape index (κ1) is 13.6. The SMILES string of the molecule is CCCNC(CC(C)CC)c1snnc1C. The van der Waals surface area contributed by atoms with E-state index >= 15 is 0 Å². The van der Waals surface area contributed by atoms with Crippen molar-refractivity contribution in [3.8, 4) is 0 Å². The van der Waals surface area contributed by atoms with E-state index < -0.39 is 0 Å². The van der Waals surface area contributed by atoms with Gasteiger partial charge in [0.15, 0.2) is 0 Å². The first-order valence-corrected chi connectivity index (χ1v) is 6.98. The zero-order valence-electron chi connectivity index (χ0n) is 10.8. The lowest BCUT2D eigenvalue weighted by Gasteiger charge is -2.20. The van der Waals surface area contributed by atoms with Crippen molar-refractivity contribution < 1.29 is 0 Å². The largest absolute Gasteiger partial charge is 0.309 e. The summed E-state index contributed by atoms with van der Waals surface area (Å²) in [4.78, 5) is 1.31. The van der Waals surface area contributed by atoms with Crippen LogP contribution in [0.1, 0.15) is 56.6 Å². The maximum Gasteiger partial charge on any atom is 0.0772 e. The van der Waals surface area contributed by atoms with Gasteiger partial charge in [-0.1, -0.05) is 31.7 Å². The molecule has 92 valence electrons. The fourth-order valence-corrected chi connectivity index (χ4v) is 2.46. The summed E-state index contributed by atoms with van der Waals surface area (Å²) < 4.78 is 4.04. The fraction of sp³-hybridized carbons (Fsp3) is 0.833. The second-order valence-corrected chi connectivity index (χ2v) is 5.26. The highest BCUT2D eigenvalue weighted by Crippen LogP contribution is 2.27. The molecule has 0 aliphatic rings. The van der Waals surface area contributed by atoms with Gasteiger partial charge in [-0.15, -0.1) is 5.10 Å². The Morgan fingerprint density at radius 1 is 1.38 bits per heavy atom. The van der Waals surface area contributed by atoms with Gasteiger partial charge in [0.2, 0.25) is 0 Å². The Balaban J connectivity index is 2.67. The van der Waals surface area contributed by atoms with Crippen molar-refractivity contribution in [2.24, 2.45) is 5.92 Å². The van der Waals surface area contributed by atoms with Crippen molar-refractivity contribution >= 4 is 11.5 Å². The summed E-state index contributed by atoms with van der Waals surface area (Å²) >= 11 is 1.54. The van der Waals surface area contributed by atoms with E-state index in [1.54, 1.807) is 0 Å². The van der Waals surface area contributed by atoms with E-state index in [1.807, 2.05) is 0 Å². The topological polar surface area (TPSA) is 37.8 Å². The van der Waals surface area contributed by atoms with E-state index in [9.17, 15) is 0 Å². The summed E-state index contributed by atoms with van der Waals surface area (Å²) in [6.07, 6.45) is 3.58. The molecule has 0 bridgehead atoms. The molecule has 0 fully saturated rings. The molecule has 0 saturated carbocycles. The number of hydrogen-bond donors (Lipinski definition) is 1. The first-order chi connectivity index (χ1) is 7.69. The van der Waals surface area contributed by atoms with Gasteiger partial charge >= 0.3 is 0 Å². The fourth-order valence-electron chi connectivity index (χ4n) is 1.73. The van der Waals surface area contributed by atoms with Crippen LogP contribution in [0.4, 0.5) is 0 Å². The molecular formula is C12H23N3S. The van der Waals surface area contributed by atoms with Gasteiger partial charge in [-0.3, -0.25) is 0 Å². The van der Waals surface area contributed by atoms with Crippen LogP contribution < -0.4 is 5.32 Å². The predicted octanol–water partition coefficient (Wildman–Crippen LogP) is 3.32. The molecule has 2 atom stereocenters. The third-order valence-corrected chi connectivity index (χ3v) is 3.92. The van der Waals surface area contributed by atoms with Gasteiger partial charge < -0.3 is 5.32 Å². The Labute approximate surface area is 103 Å².